The van der Waals surface area contributed by atoms with Crippen LogP contribution in [0.3, 0.4) is 0 Å². The molecule has 0 atom stereocenters. The van der Waals surface area contributed by atoms with E-state index in [1.807, 2.05) is 6.07 Å². The largest absolute Gasteiger partial charge is 0.433 e. The molecule has 0 amide bonds. The SMILES string of the molecule is CC1(C)CCC(Nc2nc(C(F)(F)F)ccc2C#N)CC1. The molecule has 1 fully saturated rings. The van der Waals surface area contributed by atoms with Crippen molar-refractivity contribution in [1.82, 2.24) is 4.98 Å². The van der Waals surface area contributed by atoms with Crippen LogP contribution in [0.4, 0.5) is 19.0 Å². The third-order valence-corrected chi connectivity index (χ3v) is 3.99. The van der Waals surface area contributed by atoms with E-state index < -0.39 is 11.9 Å². The molecule has 1 N–H and O–H groups in total. The molecule has 1 aromatic heterocycles. The summed E-state index contributed by atoms with van der Waals surface area (Å²) in [6, 6.07) is 3.97. The summed E-state index contributed by atoms with van der Waals surface area (Å²) in [5.74, 6) is 0.0389. The average Bonchev–Trinajstić information content (AvgIpc) is 2.40. The van der Waals surface area contributed by atoms with Gasteiger partial charge in [0.25, 0.3) is 0 Å². The van der Waals surface area contributed by atoms with Gasteiger partial charge in [-0.1, -0.05) is 13.8 Å². The van der Waals surface area contributed by atoms with Crippen molar-refractivity contribution < 1.29 is 13.2 Å². The van der Waals surface area contributed by atoms with Crippen LogP contribution in [-0.4, -0.2) is 11.0 Å². The van der Waals surface area contributed by atoms with E-state index in [2.05, 4.69) is 24.1 Å². The third kappa shape index (κ3) is 3.87. The van der Waals surface area contributed by atoms with Crippen LogP contribution in [0.25, 0.3) is 0 Å². The number of hydrogen-bond donors (Lipinski definition) is 1. The maximum atomic E-state index is 12.7. The molecule has 1 aliphatic carbocycles. The maximum Gasteiger partial charge on any atom is 0.433 e. The summed E-state index contributed by atoms with van der Waals surface area (Å²) in [7, 11) is 0. The van der Waals surface area contributed by atoms with Crippen molar-refractivity contribution in [1.29, 1.82) is 5.26 Å². The molecular weight excluding hydrogens is 279 g/mol. The summed E-state index contributed by atoms with van der Waals surface area (Å²) < 4.78 is 38.1. The molecule has 0 radical (unpaired) electrons. The van der Waals surface area contributed by atoms with Crippen molar-refractivity contribution >= 4 is 5.82 Å². The van der Waals surface area contributed by atoms with E-state index in [9.17, 15) is 13.2 Å². The molecule has 6 heteroatoms. The number of nitriles is 1. The fraction of sp³-hybridized carbons (Fsp3) is 0.600. The molecular formula is C15H18F3N3. The zero-order chi connectivity index (χ0) is 15.7. The lowest BCUT2D eigenvalue weighted by atomic mass is 9.75. The number of rotatable bonds is 2. The van der Waals surface area contributed by atoms with Gasteiger partial charge in [0.2, 0.25) is 0 Å². The van der Waals surface area contributed by atoms with Gasteiger partial charge in [-0.05, 0) is 43.2 Å². The van der Waals surface area contributed by atoms with Crippen LogP contribution in [0.1, 0.15) is 50.8 Å². The van der Waals surface area contributed by atoms with E-state index in [1.165, 1.54) is 6.07 Å². The van der Waals surface area contributed by atoms with E-state index in [-0.39, 0.29) is 22.8 Å². The van der Waals surface area contributed by atoms with E-state index in [0.717, 1.165) is 31.7 Å². The summed E-state index contributed by atoms with van der Waals surface area (Å²) in [4.78, 5) is 3.59. The Kier molecular flexibility index (Phi) is 4.13. The van der Waals surface area contributed by atoms with Gasteiger partial charge in [-0.15, -0.1) is 0 Å². The van der Waals surface area contributed by atoms with Gasteiger partial charge in [-0.25, -0.2) is 4.98 Å². The number of halogens is 3. The highest BCUT2D eigenvalue weighted by atomic mass is 19.4. The summed E-state index contributed by atoms with van der Waals surface area (Å²) in [6.45, 7) is 4.37. The number of hydrogen-bond acceptors (Lipinski definition) is 3. The van der Waals surface area contributed by atoms with Gasteiger partial charge in [0.05, 0.1) is 5.56 Å². The van der Waals surface area contributed by atoms with Gasteiger partial charge in [0, 0.05) is 6.04 Å². The van der Waals surface area contributed by atoms with Crippen LogP contribution in [0.5, 0.6) is 0 Å². The lowest BCUT2D eigenvalue weighted by molar-refractivity contribution is -0.141. The molecule has 2 rings (SSSR count). The van der Waals surface area contributed by atoms with Crippen molar-refractivity contribution in [3.05, 3.63) is 23.4 Å². The second-order valence-electron chi connectivity index (χ2n) is 6.29. The first-order chi connectivity index (χ1) is 9.71. The van der Waals surface area contributed by atoms with E-state index in [0.29, 0.717) is 0 Å². The molecule has 0 spiro atoms. The maximum absolute atomic E-state index is 12.7. The lowest BCUT2D eigenvalue weighted by Gasteiger charge is -2.35. The summed E-state index contributed by atoms with van der Waals surface area (Å²) >= 11 is 0. The topological polar surface area (TPSA) is 48.7 Å². The zero-order valence-electron chi connectivity index (χ0n) is 12.1. The molecule has 0 unspecified atom stereocenters. The van der Waals surface area contributed by atoms with E-state index in [1.54, 1.807) is 0 Å². The first kappa shape index (κ1) is 15.6. The normalized spacial score (nSPS) is 19.0. The Morgan fingerprint density at radius 1 is 1.29 bits per heavy atom. The van der Waals surface area contributed by atoms with Crippen molar-refractivity contribution in [2.75, 3.05) is 5.32 Å². The number of anilines is 1. The molecule has 1 heterocycles. The Morgan fingerprint density at radius 2 is 1.90 bits per heavy atom. The molecule has 1 aliphatic rings. The van der Waals surface area contributed by atoms with Gasteiger partial charge in [0.1, 0.15) is 17.6 Å². The second-order valence-corrected chi connectivity index (χ2v) is 6.29. The van der Waals surface area contributed by atoms with Gasteiger partial charge in [-0.3, -0.25) is 0 Å². The molecule has 0 aromatic carbocycles. The Bertz CT molecular complexity index is 548. The van der Waals surface area contributed by atoms with Gasteiger partial charge >= 0.3 is 6.18 Å². The standard InChI is InChI=1S/C15H18F3N3/c1-14(2)7-5-11(6-8-14)20-13-10(9-19)3-4-12(21-13)15(16,17)18/h3-4,11H,5-8H2,1-2H3,(H,20,21). The molecule has 1 saturated carbocycles. The smallest absolute Gasteiger partial charge is 0.366 e. The minimum absolute atomic E-state index is 0.0389. The molecule has 3 nitrogen and oxygen atoms in total. The molecule has 0 aliphatic heterocycles. The predicted molar refractivity (Wildman–Crippen MR) is 73.6 cm³/mol. The number of pyridine rings is 1. The van der Waals surface area contributed by atoms with Crippen LogP contribution in [0.15, 0.2) is 12.1 Å². The van der Waals surface area contributed by atoms with Gasteiger partial charge < -0.3 is 5.32 Å². The van der Waals surface area contributed by atoms with Crippen molar-refractivity contribution in [2.24, 2.45) is 5.41 Å². The summed E-state index contributed by atoms with van der Waals surface area (Å²) in [5, 5.41) is 12.0. The van der Waals surface area contributed by atoms with E-state index >= 15 is 0 Å². The van der Waals surface area contributed by atoms with Crippen LogP contribution < -0.4 is 5.32 Å². The highest BCUT2D eigenvalue weighted by molar-refractivity contribution is 5.53. The zero-order valence-corrected chi connectivity index (χ0v) is 12.1. The lowest BCUT2D eigenvalue weighted by Crippen LogP contribution is -2.30. The molecule has 114 valence electrons. The van der Waals surface area contributed by atoms with E-state index in [4.69, 9.17) is 5.26 Å². The molecule has 21 heavy (non-hydrogen) atoms. The minimum atomic E-state index is -4.50. The van der Waals surface area contributed by atoms with Crippen LogP contribution in [0.2, 0.25) is 0 Å². The average molecular weight is 297 g/mol. The number of nitrogens with zero attached hydrogens (tertiary/aromatic N) is 2. The fourth-order valence-electron chi connectivity index (χ4n) is 2.55. The number of alkyl halides is 3. The molecule has 0 bridgehead atoms. The van der Waals surface area contributed by atoms with Crippen LogP contribution in [0, 0.1) is 16.7 Å². The first-order valence-corrected chi connectivity index (χ1v) is 6.96. The second kappa shape index (κ2) is 5.55. The summed E-state index contributed by atoms with van der Waals surface area (Å²) in [5.41, 5.74) is -0.551. The number of nitrogens with one attached hydrogen (secondary N) is 1. The monoisotopic (exact) mass is 297 g/mol. The van der Waals surface area contributed by atoms with Crippen molar-refractivity contribution in [3.63, 3.8) is 0 Å². The van der Waals surface area contributed by atoms with Gasteiger partial charge in [-0.2, -0.15) is 18.4 Å². The Morgan fingerprint density at radius 3 is 2.43 bits per heavy atom. The van der Waals surface area contributed by atoms with Crippen molar-refractivity contribution in [3.8, 4) is 6.07 Å². The van der Waals surface area contributed by atoms with Crippen LogP contribution >= 0.6 is 0 Å². The summed E-state index contributed by atoms with van der Waals surface area (Å²) in [6.07, 6.45) is -0.748. The first-order valence-electron chi connectivity index (χ1n) is 6.96. The van der Waals surface area contributed by atoms with Crippen molar-refractivity contribution in [2.45, 2.75) is 51.7 Å². The third-order valence-electron chi connectivity index (χ3n) is 3.99. The number of aromatic nitrogens is 1. The highest BCUT2D eigenvalue weighted by Crippen LogP contribution is 2.36. The Balaban J connectivity index is 2.17. The quantitative estimate of drug-likeness (QED) is 0.882. The van der Waals surface area contributed by atoms with Crippen LogP contribution in [-0.2, 0) is 6.18 Å². The predicted octanol–water partition coefficient (Wildman–Crippen LogP) is 4.35. The molecule has 0 saturated heterocycles. The highest BCUT2D eigenvalue weighted by Gasteiger charge is 2.33. The minimum Gasteiger partial charge on any atom is -0.366 e. The molecule has 1 aromatic rings. The fourth-order valence-corrected chi connectivity index (χ4v) is 2.55. The van der Waals surface area contributed by atoms with Gasteiger partial charge in [0.15, 0.2) is 0 Å². The Labute approximate surface area is 122 Å². The Hall–Kier alpha value is -1.77.